The summed E-state index contributed by atoms with van der Waals surface area (Å²) in [6.07, 6.45) is 1.09. The van der Waals surface area contributed by atoms with Gasteiger partial charge in [-0.3, -0.25) is 0 Å². The third kappa shape index (κ3) is 3.37. The SMILES string of the molecule is COc1ccsc1C(N)c1cccc(CC(C)C)c1. The second kappa shape index (κ2) is 6.22. The molecule has 0 aliphatic carbocycles. The van der Waals surface area contributed by atoms with E-state index in [2.05, 4.69) is 38.1 Å². The van der Waals surface area contributed by atoms with Crippen LogP contribution in [-0.2, 0) is 6.42 Å². The van der Waals surface area contributed by atoms with Gasteiger partial charge in [-0.15, -0.1) is 11.3 Å². The number of hydrogen-bond acceptors (Lipinski definition) is 3. The summed E-state index contributed by atoms with van der Waals surface area (Å²) in [4.78, 5) is 1.09. The molecule has 1 aromatic heterocycles. The van der Waals surface area contributed by atoms with Crippen LogP contribution in [0.2, 0.25) is 0 Å². The monoisotopic (exact) mass is 275 g/mol. The molecule has 2 nitrogen and oxygen atoms in total. The van der Waals surface area contributed by atoms with Crippen molar-refractivity contribution in [2.45, 2.75) is 26.3 Å². The normalized spacial score (nSPS) is 12.7. The van der Waals surface area contributed by atoms with Crippen LogP contribution in [0.25, 0.3) is 0 Å². The van der Waals surface area contributed by atoms with Gasteiger partial charge in [0.25, 0.3) is 0 Å². The predicted octanol–water partition coefficient (Wildman–Crippen LogP) is 4.00. The molecule has 2 rings (SSSR count). The summed E-state index contributed by atoms with van der Waals surface area (Å²) in [5, 5.41) is 2.02. The lowest BCUT2D eigenvalue weighted by molar-refractivity contribution is 0.411. The molecular weight excluding hydrogens is 254 g/mol. The average molecular weight is 275 g/mol. The van der Waals surface area contributed by atoms with E-state index in [1.54, 1.807) is 18.4 Å². The van der Waals surface area contributed by atoms with Crippen molar-refractivity contribution in [1.29, 1.82) is 0 Å². The molecule has 2 N–H and O–H groups in total. The maximum Gasteiger partial charge on any atom is 0.134 e. The summed E-state index contributed by atoms with van der Waals surface area (Å²) in [5.74, 6) is 1.54. The van der Waals surface area contributed by atoms with Crippen molar-refractivity contribution in [3.63, 3.8) is 0 Å². The fourth-order valence-corrected chi connectivity index (χ4v) is 3.13. The third-order valence-electron chi connectivity index (χ3n) is 3.11. The molecule has 0 amide bonds. The van der Waals surface area contributed by atoms with Gasteiger partial charge in [-0.25, -0.2) is 0 Å². The van der Waals surface area contributed by atoms with Crippen molar-refractivity contribution in [2.24, 2.45) is 11.7 Å². The van der Waals surface area contributed by atoms with Gasteiger partial charge in [-0.2, -0.15) is 0 Å². The van der Waals surface area contributed by atoms with Crippen LogP contribution >= 0.6 is 11.3 Å². The minimum Gasteiger partial charge on any atom is -0.496 e. The number of hydrogen-bond donors (Lipinski definition) is 1. The van der Waals surface area contributed by atoms with E-state index in [9.17, 15) is 0 Å². The number of ether oxygens (including phenoxy) is 1. The highest BCUT2D eigenvalue weighted by molar-refractivity contribution is 7.10. The molecule has 0 radical (unpaired) electrons. The van der Waals surface area contributed by atoms with Gasteiger partial charge < -0.3 is 10.5 Å². The number of methoxy groups -OCH3 is 1. The highest BCUT2D eigenvalue weighted by Gasteiger charge is 2.15. The maximum atomic E-state index is 6.37. The van der Waals surface area contributed by atoms with Crippen molar-refractivity contribution in [3.8, 4) is 5.75 Å². The Balaban J connectivity index is 2.26. The van der Waals surface area contributed by atoms with Crippen molar-refractivity contribution in [1.82, 2.24) is 0 Å². The fourth-order valence-electron chi connectivity index (χ4n) is 2.24. The molecule has 0 saturated carbocycles. The van der Waals surface area contributed by atoms with E-state index in [1.165, 1.54) is 5.56 Å². The van der Waals surface area contributed by atoms with Gasteiger partial charge in [-0.05, 0) is 34.9 Å². The first-order chi connectivity index (χ1) is 9.11. The van der Waals surface area contributed by atoms with Gasteiger partial charge in [0.15, 0.2) is 0 Å². The first kappa shape index (κ1) is 14.1. The lowest BCUT2D eigenvalue weighted by Crippen LogP contribution is -2.11. The molecule has 0 bridgehead atoms. The zero-order valence-corrected chi connectivity index (χ0v) is 12.5. The Morgan fingerprint density at radius 3 is 2.74 bits per heavy atom. The molecule has 0 saturated heterocycles. The molecule has 0 fully saturated rings. The third-order valence-corrected chi connectivity index (χ3v) is 4.09. The van der Waals surface area contributed by atoms with Crippen LogP contribution in [0.4, 0.5) is 0 Å². The summed E-state index contributed by atoms with van der Waals surface area (Å²) in [5.41, 5.74) is 8.86. The Hall–Kier alpha value is -1.32. The predicted molar refractivity (Wildman–Crippen MR) is 81.9 cm³/mol. The Labute approximate surface area is 119 Å². The Morgan fingerprint density at radius 2 is 2.05 bits per heavy atom. The highest BCUT2D eigenvalue weighted by atomic mass is 32.1. The van der Waals surface area contributed by atoms with E-state index in [0.29, 0.717) is 5.92 Å². The first-order valence-electron chi connectivity index (χ1n) is 6.57. The topological polar surface area (TPSA) is 35.2 Å². The van der Waals surface area contributed by atoms with E-state index < -0.39 is 0 Å². The second-order valence-electron chi connectivity index (χ2n) is 5.17. The van der Waals surface area contributed by atoms with Crippen LogP contribution in [-0.4, -0.2) is 7.11 Å². The van der Waals surface area contributed by atoms with E-state index in [-0.39, 0.29) is 6.04 Å². The minimum atomic E-state index is -0.109. The number of nitrogens with two attached hydrogens (primary N) is 1. The molecule has 102 valence electrons. The van der Waals surface area contributed by atoms with Gasteiger partial charge in [0.05, 0.1) is 18.0 Å². The summed E-state index contributed by atoms with van der Waals surface area (Å²) in [6.45, 7) is 4.46. The first-order valence-corrected chi connectivity index (χ1v) is 7.45. The molecule has 0 spiro atoms. The Bertz CT molecular complexity index is 533. The van der Waals surface area contributed by atoms with Gasteiger partial charge in [0, 0.05) is 0 Å². The van der Waals surface area contributed by atoms with Crippen molar-refractivity contribution in [3.05, 3.63) is 51.7 Å². The van der Waals surface area contributed by atoms with Gasteiger partial charge in [-0.1, -0.05) is 38.1 Å². The Kier molecular flexibility index (Phi) is 4.61. The van der Waals surface area contributed by atoms with Gasteiger partial charge in [0.2, 0.25) is 0 Å². The van der Waals surface area contributed by atoms with E-state index >= 15 is 0 Å². The number of benzene rings is 1. The number of thiophene rings is 1. The lowest BCUT2D eigenvalue weighted by Gasteiger charge is -2.14. The molecule has 1 atom stereocenters. The summed E-state index contributed by atoms with van der Waals surface area (Å²) in [7, 11) is 1.69. The lowest BCUT2D eigenvalue weighted by atomic mass is 9.98. The molecule has 0 aliphatic rings. The summed E-state index contributed by atoms with van der Waals surface area (Å²) >= 11 is 1.65. The fraction of sp³-hybridized carbons (Fsp3) is 0.375. The smallest absolute Gasteiger partial charge is 0.134 e. The highest BCUT2D eigenvalue weighted by Crippen LogP contribution is 2.33. The largest absolute Gasteiger partial charge is 0.496 e. The molecule has 1 unspecified atom stereocenters. The van der Waals surface area contributed by atoms with Gasteiger partial charge in [0.1, 0.15) is 5.75 Å². The molecule has 19 heavy (non-hydrogen) atoms. The average Bonchev–Trinajstić information content (AvgIpc) is 2.85. The molecule has 1 heterocycles. The standard InChI is InChI=1S/C16H21NOS/c1-11(2)9-12-5-4-6-13(10-12)15(17)16-14(18-3)7-8-19-16/h4-8,10-11,15H,9,17H2,1-3H3. The zero-order valence-electron chi connectivity index (χ0n) is 11.7. The maximum absolute atomic E-state index is 6.37. The second-order valence-corrected chi connectivity index (χ2v) is 6.12. The molecule has 2 aromatic rings. The summed E-state index contributed by atoms with van der Waals surface area (Å²) < 4.78 is 5.35. The van der Waals surface area contributed by atoms with Crippen molar-refractivity contribution >= 4 is 11.3 Å². The van der Waals surface area contributed by atoms with Crippen molar-refractivity contribution in [2.75, 3.05) is 7.11 Å². The molecule has 3 heteroatoms. The van der Waals surface area contributed by atoms with Gasteiger partial charge >= 0.3 is 0 Å². The summed E-state index contributed by atoms with van der Waals surface area (Å²) in [6, 6.07) is 10.4. The molecular formula is C16H21NOS. The van der Waals surface area contributed by atoms with Crippen molar-refractivity contribution < 1.29 is 4.74 Å². The van der Waals surface area contributed by atoms with E-state index in [0.717, 1.165) is 22.6 Å². The van der Waals surface area contributed by atoms with E-state index in [1.807, 2.05) is 11.4 Å². The quantitative estimate of drug-likeness (QED) is 0.895. The van der Waals surface area contributed by atoms with Crippen LogP contribution in [0.1, 0.15) is 35.9 Å². The number of rotatable bonds is 5. The molecule has 0 aliphatic heterocycles. The van der Waals surface area contributed by atoms with Crippen LogP contribution in [0, 0.1) is 5.92 Å². The minimum absolute atomic E-state index is 0.109. The molecule has 1 aromatic carbocycles. The Morgan fingerprint density at radius 1 is 1.26 bits per heavy atom. The zero-order chi connectivity index (χ0) is 13.8. The van der Waals surface area contributed by atoms with E-state index in [4.69, 9.17) is 10.5 Å². The van der Waals surface area contributed by atoms with Crippen LogP contribution in [0.15, 0.2) is 35.7 Å². The van der Waals surface area contributed by atoms with Crippen LogP contribution < -0.4 is 10.5 Å². The van der Waals surface area contributed by atoms with Crippen LogP contribution in [0.5, 0.6) is 5.75 Å². The van der Waals surface area contributed by atoms with Crippen LogP contribution in [0.3, 0.4) is 0 Å².